The van der Waals surface area contributed by atoms with Crippen molar-refractivity contribution in [1.29, 1.82) is 0 Å². The van der Waals surface area contributed by atoms with Gasteiger partial charge >= 0.3 is 12.2 Å². The minimum atomic E-state index is -4.56. The molecule has 11 nitrogen and oxygen atoms in total. The molecule has 1 fully saturated rings. The monoisotopic (exact) mass is 489 g/mol. The van der Waals surface area contributed by atoms with Gasteiger partial charge in [0.15, 0.2) is 5.82 Å². The first-order valence-corrected chi connectivity index (χ1v) is 10.9. The number of hydrogen-bond acceptors (Lipinski definition) is 7. The van der Waals surface area contributed by atoms with Crippen molar-refractivity contribution in [2.75, 3.05) is 18.4 Å². The molecule has 35 heavy (non-hydrogen) atoms. The molecule has 3 atom stereocenters. The number of nitrogens with zero attached hydrogens (tertiary/aromatic N) is 5. The van der Waals surface area contributed by atoms with Gasteiger partial charge in [-0.2, -0.15) is 18.3 Å². The lowest BCUT2D eigenvalue weighted by atomic mass is 10.1. The summed E-state index contributed by atoms with van der Waals surface area (Å²) in [5.41, 5.74) is 1.37. The summed E-state index contributed by atoms with van der Waals surface area (Å²) in [7, 11) is 0. The summed E-state index contributed by atoms with van der Waals surface area (Å²) in [4.78, 5) is 37.8. The number of halogens is 3. The van der Waals surface area contributed by atoms with E-state index in [-0.39, 0.29) is 11.9 Å². The molecule has 5 rings (SSSR count). The zero-order valence-corrected chi connectivity index (χ0v) is 18.5. The van der Waals surface area contributed by atoms with Gasteiger partial charge in [0.05, 0.1) is 11.7 Å². The fraction of sp³-hybridized carbons (Fsp3) is 0.381. The summed E-state index contributed by atoms with van der Waals surface area (Å²) in [6.45, 7) is 2.19. The first-order valence-electron chi connectivity index (χ1n) is 10.9. The molecule has 4 N–H and O–H groups in total. The molecule has 184 valence electrons. The molecule has 2 aromatic heterocycles. The zero-order valence-electron chi connectivity index (χ0n) is 18.5. The van der Waals surface area contributed by atoms with Crippen molar-refractivity contribution in [3.8, 4) is 11.4 Å². The number of nitrogens with one attached hydrogen (secondary N) is 4. The molecule has 0 saturated carbocycles. The number of fused-ring (bicyclic) bond motifs is 3. The minimum Gasteiger partial charge on any atom is -0.366 e. The van der Waals surface area contributed by atoms with Crippen molar-refractivity contribution in [3.05, 3.63) is 48.3 Å². The number of aromatic amines is 1. The molecular formula is C21H22F3N9O2. The van der Waals surface area contributed by atoms with Crippen LogP contribution in [-0.2, 0) is 4.79 Å². The number of alkyl halides is 3. The predicted octanol–water partition coefficient (Wildman–Crippen LogP) is 1.55. The number of pyridine rings is 1. The quantitative estimate of drug-likeness (QED) is 0.513. The van der Waals surface area contributed by atoms with Crippen LogP contribution >= 0.6 is 0 Å². The van der Waals surface area contributed by atoms with Gasteiger partial charge in [-0.25, -0.2) is 14.8 Å². The van der Waals surface area contributed by atoms with E-state index in [0.29, 0.717) is 42.4 Å². The highest BCUT2D eigenvalue weighted by molar-refractivity contribution is 5.91. The van der Waals surface area contributed by atoms with Crippen LogP contribution in [-0.4, -0.2) is 79.3 Å². The van der Waals surface area contributed by atoms with Gasteiger partial charge in [0.2, 0.25) is 5.91 Å². The molecule has 3 aliphatic heterocycles. The lowest BCUT2D eigenvalue weighted by Crippen LogP contribution is -2.57. The average Bonchev–Trinajstić information content (AvgIpc) is 3.50. The number of hydrogen-bond donors (Lipinski definition) is 4. The Labute approximate surface area is 197 Å². The third-order valence-electron chi connectivity index (χ3n) is 6.13. The number of carbonyl (C=O) groups is 2. The molecule has 3 aliphatic rings. The SMILES string of the molecule is C[C@@H](NC(=O)C1C=CC2=C(N1)N(C(=O)Nc1cc(-c3ncn[nH]3)ccn1)[C@H]1CCN2C1)C(F)(F)F. The standard InChI is InChI=1S/C21H22F3N9O2/c1-11(21(22,23)24)28-19(34)14-2-3-15-18(29-14)33(13-5-7-32(15)9-13)20(35)30-16-8-12(4-6-25-16)17-26-10-27-31-17/h2-4,6,8,10-11,13-14,29H,5,7,9H2,1H3,(H,28,34)(H,25,30,35)(H,26,27,31)/t11-,13+,14?/m1/s1. The Hall–Kier alpha value is -4.10. The molecule has 2 bridgehead atoms. The van der Waals surface area contributed by atoms with Gasteiger partial charge in [-0.1, -0.05) is 6.08 Å². The van der Waals surface area contributed by atoms with Crippen LogP contribution in [0, 0.1) is 0 Å². The highest BCUT2D eigenvalue weighted by atomic mass is 19.4. The number of aromatic nitrogens is 4. The Balaban J connectivity index is 1.35. The summed E-state index contributed by atoms with van der Waals surface area (Å²) in [5, 5.41) is 14.3. The maximum absolute atomic E-state index is 13.4. The predicted molar refractivity (Wildman–Crippen MR) is 117 cm³/mol. The van der Waals surface area contributed by atoms with E-state index < -0.39 is 30.2 Å². The van der Waals surface area contributed by atoms with Gasteiger partial charge in [0.1, 0.15) is 30.0 Å². The van der Waals surface area contributed by atoms with E-state index in [1.807, 2.05) is 5.32 Å². The number of dihydropyridines is 1. The number of carbonyl (C=O) groups excluding carboxylic acids is 2. The molecule has 14 heteroatoms. The number of rotatable bonds is 4. The second-order valence-corrected chi connectivity index (χ2v) is 8.44. The average molecular weight is 489 g/mol. The molecule has 0 aliphatic carbocycles. The van der Waals surface area contributed by atoms with Crippen molar-refractivity contribution < 1.29 is 22.8 Å². The van der Waals surface area contributed by atoms with E-state index in [2.05, 4.69) is 35.7 Å². The molecule has 0 spiro atoms. The van der Waals surface area contributed by atoms with Crippen LogP contribution in [0.2, 0.25) is 0 Å². The number of allylic oxidation sites excluding steroid dienone is 1. The fourth-order valence-electron chi connectivity index (χ4n) is 4.30. The molecule has 1 saturated heterocycles. The number of anilines is 1. The summed E-state index contributed by atoms with van der Waals surface area (Å²) in [6.07, 6.45) is 2.19. The first kappa shape index (κ1) is 22.7. The largest absolute Gasteiger partial charge is 0.408 e. The smallest absolute Gasteiger partial charge is 0.366 e. The van der Waals surface area contributed by atoms with E-state index in [1.165, 1.54) is 23.5 Å². The van der Waals surface area contributed by atoms with Crippen LogP contribution in [0.25, 0.3) is 11.4 Å². The van der Waals surface area contributed by atoms with Crippen LogP contribution < -0.4 is 16.0 Å². The lowest BCUT2D eigenvalue weighted by molar-refractivity contribution is -0.158. The Morgan fingerprint density at radius 2 is 2.11 bits per heavy atom. The Bertz CT molecular complexity index is 1190. The zero-order chi connectivity index (χ0) is 24.7. The van der Waals surface area contributed by atoms with Crippen molar-refractivity contribution in [2.45, 2.75) is 37.6 Å². The second kappa shape index (κ2) is 8.60. The van der Waals surface area contributed by atoms with Crippen molar-refractivity contribution in [2.24, 2.45) is 0 Å². The number of amides is 3. The lowest BCUT2D eigenvalue weighted by Gasteiger charge is -2.41. The Kier molecular flexibility index (Phi) is 5.57. The highest BCUT2D eigenvalue weighted by Crippen LogP contribution is 2.33. The summed E-state index contributed by atoms with van der Waals surface area (Å²) in [5.74, 6) is 0.321. The highest BCUT2D eigenvalue weighted by Gasteiger charge is 2.43. The van der Waals surface area contributed by atoms with Crippen molar-refractivity contribution in [3.63, 3.8) is 0 Å². The summed E-state index contributed by atoms with van der Waals surface area (Å²) >= 11 is 0. The van der Waals surface area contributed by atoms with Crippen LogP contribution in [0.5, 0.6) is 0 Å². The van der Waals surface area contributed by atoms with Crippen LogP contribution in [0.4, 0.5) is 23.8 Å². The third-order valence-corrected chi connectivity index (χ3v) is 6.13. The van der Waals surface area contributed by atoms with Crippen LogP contribution in [0.3, 0.4) is 0 Å². The van der Waals surface area contributed by atoms with Gasteiger partial charge in [0.25, 0.3) is 0 Å². The van der Waals surface area contributed by atoms with Crippen molar-refractivity contribution >= 4 is 17.8 Å². The van der Waals surface area contributed by atoms with Gasteiger partial charge in [0, 0.05) is 24.8 Å². The number of H-pyrrole nitrogens is 1. The van der Waals surface area contributed by atoms with E-state index >= 15 is 0 Å². The summed E-state index contributed by atoms with van der Waals surface area (Å²) < 4.78 is 38.7. The maximum atomic E-state index is 13.4. The van der Waals surface area contributed by atoms with Crippen LogP contribution in [0.1, 0.15) is 13.3 Å². The van der Waals surface area contributed by atoms with E-state index in [4.69, 9.17) is 0 Å². The molecule has 2 aromatic rings. The summed E-state index contributed by atoms with van der Waals surface area (Å²) in [6, 6.07) is -0.374. The van der Waals surface area contributed by atoms with Crippen LogP contribution in [0.15, 0.2) is 48.3 Å². The molecule has 1 unspecified atom stereocenters. The molecule has 3 amide bonds. The van der Waals surface area contributed by atoms with Crippen molar-refractivity contribution in [1.82, 2.24) is 40.6 Å². The third kappa shape index (κ3) is 4.38. The molecule has 5 heterocycles. The fourth-order valence-corrected chi connectivity index (χ4v) is 4.30. The Morgan fingerprint density at radius 1 is 1.29 bits per heavy atom. The minimum absolute atomic E-state index is 0.178. The topological polar surface area (TPSA) is 131 Å². The molecule has 0 radical (unpaired) electrons. The van der Waals surface area contributed by atoms with E-state index in [1.54, 1.807) is 18.2 Å². The van der Waals surface area contributed by atoms with Gasteiger partial charge < -0.3 is 15.5 Å². The molecule has 0 aromatic carbocycles. The Morgan fingerprint density at radius 3 is 2.86 bits per heavy atom. The van der Waals surface area contributed by atoms with Gasteiger partial charge in [-0.15, -0.1) is 0 Å². The second-order valence-electron chi connectivity index (χ2n) is 8.44. The molecular weight excluding hydrogens is 467 g/mol. The number of urea groups is 1. The van der Waals surface area contributed by atoms with Gasteiger partial charge in [-0.05, 0) is 31.6 Å². The van der Waals surface area contributed by atoms with Gasteiger partial charge in [-0.3, -0.25) is 20.1 Å². The normalized spacial score (nSPS) is 21.9. The first-order chi connectivity index (χ1) is 16.7. The maximum Gasteiger partial charge on any atom is 0.408 e. The van der Waals surface area contributed by atoms with E-state index in [9.17, 15) is 22.8 Å². The van der Waals surface area contributed by atoms with E-state index in [0.717, 1.165) is 6.92 Å².